The molecule has 0 unspecified atom stereocenters. The van der Waals surface area contributed by atoms with Crippen molar-refractivity contribution in [2.45, 2.75) is 13.5 Å². The Morgan fingerprint density at radius 3 is 2.70 bits per heavy atom. The van der Waals surface area contributed by atoms with Crippen molar-refractivity contribution in [3.63, 3.8) is 0 Å². The van der Waals surface area contributed by atoms with Gasteiger partial charge in [0.25, 0.3) is 0 Å². The number of imidazole rings is 1. The number of rotatable bonds is 4. The number of nitrogens with zero attached hydrogens (tertiary/aromatic N) is 4. The second kappa shape index (κ2) is 5.59. The van der Waals surface area contributed by atoms with Gasteiger partial charge in [0.1, 0.15) is 41.9 Å². The lowest BCUT2D eigenvalue weighted by atomic mass is 10.2. The van der Waals surface area contributed by atoms with Crippen molar-refractivity contribution >= 4 is 5.82 Å². The first kappa shape index (κ1) is 14.8. The first-order valence-electron chi connectivity index (χ1n) is 6.52. The molecule has 0 aliphatic rings. The van der Waals surface area contributed by atoms with Gasteiger partial charge in [-0.3, -0.25) is 0 Å². The third-order valence-corrected chi connectivity index (χ3v) is 3.27. The van der Waals surface area contributed by atoms with Crippen LogP contribution >= 0.6 is 0 Å². The maximum absolute atomic E-state index is 13.7. The van der Waals surface area contributed by atoms with Gasteiger partial charge < -0.3 is 14.5 Å². The summed E-state index contributed by atoms with van der Waals surface area (Å²) in [5.41, 5.74) is -0.0949. The molecular weight excluding hydrogens is 310 g/mol. The summed E-state index contributed by atoms with van der Waals surface area (Å²) in [6, 6.07) is 3.41. The van der Waals surface area contributed by atoms with Crippen LogP contribution in [0.4, 0.5) is 14.6 Å². The SMILES string of the molecule is Cc1ncc([N+](=O)[O-])n1Cc1coc(-c2c(F)cccc2F)n1. The second-order valence-electron chi connectivity index (χ2n) is 4.75. The molecule has 0 saturated carbocycles. The Morgan fingerprint density at radius 2 is 2.04 bits per heavy atom. The molecule has 9 heteroatoms. The molecule has 23 heavy (non-hydrogen) atoms. The monoisotopic (exact) mass is 320 g/mol. The Labute approximate surface area is 128 Å². The Morgan fingerprint density at radius 1 is 1.35 bits per heavy atom. The van der Waals surface area contributed by atoms with Crippen molar-refractivity contribution in [2.24, 2.45) is 0 Å². The van der Waals surface area contributed by atoms with Gasteiger partial charge in [-0.15, -0.1) is 0 Å². The van der Waals surface area contributed by atoms with Gasteiger partial charge in [-0.25, -0.2) is 23.3 Å². The van der Waals surface area contributed by atoms with Crippen LogP contribution in [0.25, 0.3) is 11.5 Å². The molecule has 2 aromatic heterocycles. The standard InChI is InChI=1S/C14H10F2N4O3/c1-8-17-5-12(20(21)22)19(8)6-9-7-23-14(18-9)13-10(15)3-2-4-11(13)16/h2-5,7H,6H2,1H3. The van der Waals surface area contributed by atoms with Gasteiger partial charge in [-0.1, -0.05) is 6.07 Å². The van der Waals surface area contributed by atoms with E-state index in [2.05, 4.69) is 9.97 Å². The molecule has 2 heterocycles. The van der Waals surface area contributed by atoms with Crippen molar-refractivity contribution in [3.05, 3.63) is 63.9 Å². The first-order chi connectivity index (χ1) is 11.0. The normalized spacial score (nSPS) is 10.9. The molecule has 3 rings (SSSR count). The van der Waals surface area contributed by atoms with Crippen molar-refractivity contribution < 1.29 is 18.1 Å². The maximum atomic E-state index is 13.7. The molecule has 7 nitrogen and oxygen atoms in total. The van der Waals surface area contributed by atoms with Gasteiger partial charge in [-0.05, 0) is 17.1 Å². The lowest BCUT2D eigenvalue weighted by Gasteiger charge is -2.00. The average molecular weight is 320 g/mol. The highest BCUT2D eigenvalue weighted by Crippen LogP contribution is 2.26. The first-order valence-corrected chi connectivity index (χ1v) is 6.52. The smallest absolute Gasteiger partial charge is 0.343 e. The van der Waals surface area contributed by atoms with E-state index in [0.29, 0.717) is 5.82 Å². The zero-order valence-corrected chi connectivity index (χ0v) is 11.9. The summed E-state index contributed by atoms with van der Waals surface area (Å²) < 4.78 is 33.8. The van der Waals surface area contributed by atoms with Gasteiger partial charge in [0.05, 0.1) is 0 Å². The minimum absolute atomic E-state index is 0.00170. The zero-order chi connectivity index (χ0) is 16.6. The number of nitro groups is 1. The molecule has 0 amide bonds. The molecule has 0 N–H and O–H groups in total. The van der Waals surface area contributed by atoms with E-state index < -0.39 is 16.6 Å². The van der Waals surface area contributed by atoms with Crippen molar-refractivity contribution in [1.82, 2.24) is 14.5 Å². The van der Waals surface area contributed by atoms with Crippen molar-refractivity contribution in [2.75, 3.05) is 0 Å². The van der Waals surface area contributed by atoms with Gasteiger partial charge in [0.15, 0.2) is 5.82 Å². The molecule has 0 spiro atoms. The lowest BCUT2D eigenvalue weighted by Crippen LogP contribution is -2.06. The molecule has 0 atom stereocenters. The number of hydrogen-bond acceptors (Lipinski definition) is 5. The van der Waals surface area contributed by atoms with Crippen molar-refractivity contribution in [1.29, 1.82) is 0 Å². The van der Waals surface area contributed by atoms with E-state index in [9.17, 15) is 18.9 Å². The topological polar surface area (TPSA) is 87.0 Å². The number of oxazole rings is 1. The summed E-state index contributed by atoms with van der Waals surface area (Å²) in [5.74, 6) is -1.62. The van der Waals surface area contributed by atoms with Crippen LogP contribution in [0.2, 0.25) is 0 Å². The van der Waals surface area contributed by atoms with E-state index in [4.69, 9.17) is 4.42 Å². The molecule has 3 aromatic rings. The van der Waals surface area contributed by atoms with Crippen LogP contribution in [0.3, 0.4) is 0 Å². The second-order valence-corrected chi connectivity index (χ2v) is 4.75. The molecular formula is C14H10F2N4O3. The van der Waals surface area contributed by atoms with E-state index in [1.54, 1.807) is 6.92 Å². The quantitative estimate of drug-likeness (QED) is 0.544. The van der Waals surface area contributed by atoms with Crippen LogP contribution in [-0.2, 0) is 6.54 Å². The molecule has 0 aliphatic carbocycles. The molecule has 0 radical (unpaired) electrons. The Kier molecular flexibility index (Phi) is 3.61. The largest absolute Gasteiger partial charge is 0.444 e. The van der Waals surface area contributed by atoms with Crippen LogP contribution in [0.5, 0.6) is 0 Å². The highest BCUT2D eigenvalue weighted by atomic mass is 19.1. The number of aromatic nitrogens is 3. The zero-order valence-electron chi connectivity index (χ0n) is 11.9. The minimum atomic E-state index is -0.803. The van der Waals surface area contributed by atoms with Crippen LogP contribution < -0.4 is 0 Å². The summed E-state index contributed by atoms with van der Waals surface area (Å²) in [5, 5.41) is 10.9. The molecule has 0 fully saturated rings. The maximum Gasteiger partial charge on any atom is 0.343 e. The van der Waals surface area contributed by atoms with E-state index in [1.165, 1.54) is 16.9 Å². The third-order valence-electron chi connectivity index (χ3n) is 3.27. The Hall–Kier alpha value is -3.10. The van der Waals surface area contributed by atoms with Gasteiger partial charge in [-0.2, -0.15) is 0 Å². The van der Waals surface area contributed by atoms with Crippen LogP contribution in [-0.4, -0.2) is 19.5 Å². The predicted molar refractivity (Wildman–Crippen MR) is 74.6 cm³/mol. The van der Waals surface area contributed by atoms with Crippen LogP contribution in [0.15, 0.2) is 35.1 Å². The van der Waals surface area contributed by atoms with E-state index in [-0.39, 0.29) is 29.5 Å². The molecule has 0 bridgehead atoms. The fourth-order valence-corrected chi connectivity index (χ4v) is 2.16. The van der Waals surface area contributed by atoms with E-state index in [1.807, 2.05) is 0 Å². The number of halogens is 2. The number of aryl methyl sites for hydroxylation is 1. The van der Waals surface area contributed by atoms with Gasteiger partial charge in [0.2, 0.25) is 5.89 Å². The highest BCUT2D eigenvalue weighted by molar-refractivity contribution is 5.55. The summed E-state index contributed by atoms with van der Waals surface area (Å²) in [6.45, 7) is 1.60. The Bertz CT molecular complexity index is 868. The molecule has 118 valence electrons. The lowest BCUT2D eigenvalue weighted by molar-refractivity contribution is -0.392. The molecule has 0 aliphatic heterocycles. The minimum Gasteiger partial charge on any atom is -0.444 e. The van der Waals surface area contributed by atoms with E-state index >= 15 is 0 Å². The highest BCUT2D eigenvalue weighted by Gasteiger charge is 2.21. The third kappa shape index (κ3) is 2.68. The summed E-state index contributed by atoms with van der Waals surface area (Å²) in [4.78, 5) is 18.2. The van der Waals surface area contributed by atoms with Crippen LogP contribution in [0.1, 0.15) is 11.5 Å². The summed E-state index contributed by atoms with van der Waals surface area (Å²) >= 11 is 0. The summed E-state index contributed by atoms with van der Waals surface area (Å²) in [6.07, 6.45) is 2.33. The predicted octanol–water partition coefficient (Wildman–Crippen LogP) is 3.08. The molecule has 0 saturated heterocycles. The van der Waals surface area contributed by atoms with Crippen molar-refractivity contribution in [3.8, 4) is 11.5 Å². The van der Waals surface area contributed by atoms with Gasteiger partial charge in [0, 0.05) is 6.92 Å². The Balaban J connectivity index is 1.95. The molecule has 1 aromatic carbocycles. The number of benzene rings is 1. The summed E-state index contributed by atoms with van der Waals surface area (Å²) in [7, 11) is 0. The van der Waals surface area contributed by atoms with Crippen LogP contribution in [0, 0.1) is 28.7 Å². The van der Waals surface area contributed by atoms with Gasteiger partial charge >= 0.3 is 5.82 Å². The fourth-order valence-electron chi connectivity index (χ4n) is 2.16. The number of hydrogen-bond donors (Lipinski definition) is 0. The average Bonchev–Trinajstić information content (AvgIpc) is 3.07. The van der Waals surface area contributed by atoms with E-state index in [0.717, 1.165) is 18.3 Å². The fraction of sp³-hybridized carbons (Fsp3) is 0.143.